The van der Waals surface area contributed by atoms with Gasteiger partial charge in [-0.3, -0.25) is 0 Å². The van der Waals surface area contributed by atoms with Gasteiger partial charge in [0.15, 0.2) is 0 Å². The predicted octanol–water partition coefficient (Wildman–Crippen LogP) is 0.934. The summed E-state index contributed by atoms with van der Waals surface area (Å²) in [4.78, 5) is 0. The molecule has 0 rings (SSSR count). The Labute approximate surface area is 69.5 Å². The minimum absolute atomic E-state index is 0.0958. The molecule has 0 heterocycles. The van der Waals surface area contributed by atoms with Crippen molar-refractivity contribution >= 4 is 0 Å². The lowest BCUT2D eigenvalue weighted by atomic mass is 10.1. The van der Waals surface area contributed by atoms with Gasteiger partial charge < -0.3 is 0 Å². The van der Waals surface area contributed by atoms with Crippen molar-refractivity contribution in [3.8, 4) is 24.3 Å². The molecule has 0 N–H and O–H groups in total. The van der Waals surface area contributed by atoms with Crippen LogP contribution < -0.4 is 0 Å². The van der Waals surface area contributed by atoms with Crippen LogP contribution in [0, 0.1) is 45.3 Å². The van der Waals surface area contributed by atoms with Gasteiger partial charge in [-0.15, -0.1) is 0 Å². The van der Waals surface area contributed by atoms with Gasteiger partial charge in [0.05, 0.1) is 23.3 Å². The number of hydrogen-bond donors (Lipinski definition) is 0. The first-order chi connectivity index (χ1) is 5.79. The van der Waals surface area contributed by atoms with Gasteiger partial charge in [-0.1, -0.05) is 0 Å². The van der Waals surface area contributed by atoms with E-state index in [9.17, 15) is 0 Å². The smallest absolute Gasteiger partial charge is 0.101 e. The van der Waals surface area contributed by atoms with Crippen molar-refractivity contribution in [2.24, 2.45) is 0 Å². The molecule has 54 valence electrons. The SMILES string of the molecule is N#CC=C(C#N)/C(C#N)=C\C#N. The fraction of sp³-hybridized carbons (Fsp3) is 0. The van der Waals surface area contributed by atoms with Crippen LogP contribution in [0.5, 0.6) is 0 Å². The monoisotopic (exact) mass is 154 g/mol. The molecule has 0 amide bonds. The molecule has 0 aromatic carbocycles. The molecule has 12 heavy (non-hydrogen) atoms. The van der Waals surface area contributed by atoms with Gasteiger partial charge in [0.25, 0.3) is 0 Å². The van der Waals surface area contributed by atoms with Gasteiger partial charge in [-0.25, -0.2) is 0 Å². The van der Waals surface area contributed by atoms with E-state index in [0.717, 1.165) is 12.2 Å². The van der Waals surface area contributed by atoms with Crippen LogP contribution in [0.4, 0.5) is 0 Å². The second-order valence-electron chi connectivity index (χ2n) is 1.60. The van der Waals surface area contributed by atoms with Crippen molar-refractivity contribution in [1.29, 1.82) is 21.0 Å². The Morgan fingerprint density at radius 1 is 0.750 bits per heavy atom. The molecule has 0 atom stereocenters. The molecule has 0 radical (unpaired) electrons. The van der Waals surface area contributed by atoms with E-state index in [1.165, 1.54) is 0 Å². The fourth-order valence-corrected chi connectivity index (χ4v) is 0.470. The number of allylic oxidation sites excluding steroid dienone is 4. The van der Waals surface area contributed by atoms with Gasteiger partial charge in [0.1, 0.15) is 12.1 Å². The van der Waals surface area contributed by atoms with E-state index in [0.29, 0.717) is 0 Å². The van der Waals surface area contributed by atoms with Crippen LogP contribution in [-0.4, -0.2) is 0 Å². The Hall–Kier alpha value is -2.56. The normalized spacial score (nSPS) is 10.3. The first-order valence-corrected chi connectivity index (χ1v) is 2.80. The summed E-state index contributed by atoms with van der Waals surface area (Å²) in [6, 6.07) is 6.48. The third kappa shape index (κ3) is 2.36. The Bertz CT molecular complexity index is 347. The molecule has 0 aromatic rings. The zero-order valence-electron chi connectivity index (χ0n) is 5.94. The maximum atomic E-state index is 8.41. The summed E-state index contributed by atoms with van der Waals surface area (Å²) in [5, 5.41) is 33.2. The Morgan fingerprint density at radius 3 is 1.25 bits per heavy atom. The standard InChI is InChI=1S/C8H2N4/c9-3-1-7(5-11)8(6-12)2-4-10/h1-2H/b7-1-,8-2?. The molecule has 0 aromatic heterocycles. The van der Waals surface area contributed by atoms with E-state index in [2.05, 4.69) is 0 Å². The molecule has 0 aliphatic rings. The highest BCUT2D eigenvalue weighted by atomic mass is 14.3. The van der Waals surface area contributed by atoms with E-state index < -0.39 is 0 Å². The van der Waals surface area contributed by atoms with E-state index >= 15 is 0 Å². The molecule has 0 aliphatic heterocycles. The molecular weight excluding hydrogens is 152 g/mol. The highest BCUT2D eigenvalue weighted by molar-refractivity contribution is 5.53. The minimum atomic E-state index is -0.0958. The van der Waals surface area contributed by atoms with E-state index in [-0.39, 0.29) is 11.1 Å². The van der Waals surface area contributed by atoms with Gasteiger partial charge >= 0.3 is 0 Å². The maximum absolute atomic E-state index is 8.41. The van der Waals surface area contributed by atoms with Crippen LogP contribution in [0.15, 0.2) is 23.3 Å². The van der Waals surface area contributed by atoms with Crippen LogP contribution in [0.3, 0.4) is 0 Å². The molecule has 0 spiro atoms. The summed E-state index contributed by atoms with van der Waals surface area (Å²) < 4.78 is 0. The lowest BCUT2D eigenvalue weighted by Gasteiger charge is -1.86. The van der Waals surface area contributed by atoms with Crippen LogP contribution in [0.2, 0.25) is 0 Å². The topological polar surface area (TPSA) is 95.2 Å². The summed E-state index contributed by atoms with van der Waals surface area (Å²) in [5.74, 6) is 0. The van der Waals surface area contributed by atoms with E-state index in [4.69, 9.17) is 21.0 Å². The van der Waals surface area contributed by atoms with Crippen molar-refractivity contribution in [2.75, 3.05) is 0 Å². The van der Waals surface area contributed by atoms with Crippen molar-refractivity contribution in [3.63, 3.8) is 0 Å². The highest BCUT2D eigenvalue weighted by Crippen LogP contribution is 2.06. The molecule has 0 unspecified atom stereocenters. The molecule has 0 fully saturated rings. The highest BCUT2D eigenvalue weighted by Gasteiger charge is 2.01. The van der Waals surface area contributed by atoms with Crippen LogP contribution in [0.1, 0.15) is 0 Å². The fourth-order valence-electron chi connectivity index (χ4n) is 0.470. The lowest BCUT2D eigenvalue weighted by Crippen LogP contribution is -1.82. The van der Waals surface area contributed by atoms with E-state index in [1.54, 1.807) is 24.3 Å². The summed E-state index contributed by atoms with van der Waals surface area (Å²) in [6.45, 7) is 0. The summed E-state index contributed by atoms with van der Waals surface area (Å²) >= 11 is 0. The molecule has 0 saturated carbocycles. The largest absolute Gasteiger partial charge is 0.193 e. The van der Waals surface area contributed by atoms with Crippen LogP contribution in [0.25, 0.3) is 0 Å². The molecule has 0 saturated heterocycles. The Morgan fingerprint density at radius 2 is 1.08 bits per heavy atom. The minimum Gasteiger partial charge on any atom is -0.193 e. The molecule has 4 nitrogen and oxygen atoms in total. The quantitative estimate of drug-likeness (QED) is 0.414. The van der Waals surface area contributed by atoms with Gasteiger partial charge in [0.2, 0.25) is 0 Å². The Balaban J connectivity index is 5.09. The third-order valence-electron chi connectivity index (χ3n) is 0.949. The van der Waals surface area contributed by atoms with Crippen molar-refractivity contribution in [3.05, 3.63) is 23.3 Å². The molecule has 0 bridgehead atoms. The van der Waals surface area contributed by atoms with Gasteiger partial charge in [-0.05, 0) is 0 Å². The second kappa shape index (κ2) is 5.24. The lowest BCUT2D eigenvalue weighted by molar-refractivity contribution is 1.42. The van der Waals surface area contributed by atoms with Crippen LogP contribution >= 0.6 is 0 Å². The van der Waals surface area contributed by atoms with Crippen molar-refractivity contribution < 1.29 is 0 Å². The Kier molecular flexibility index (Phi) is 4.12. The molecule has 4 heteroatoms. The maximum Gasteiger partial charge on any atom is 0.101 e. The molecular formula is C8H2N4. The zero-order chi connectivity index (χ0) is 9.40. The summed E-state index contributed by atoms with van der Waals surface area (Å²) in [7, 11) is 0. The summed E-state index contributed by atoms with van der Waals surface area (Å²) in [5.41, 5.74) is -0.192. The average Bonchev–Trinajstić information content (AvgIpc) is 2.11. The van der Waals surface area contributed by atoms with E-state index in [1.807, 2.05) is 0 Å². The zero-order valence-corrected chi connectivity index (χ0v) is 5.94. The molecule has 0 aliphatic carbocycles. The van der Waals surface area contributed by atoms with Crippen LogP contribution in [-0.2, 0) is 0 Å². The van der Waals surface area contributed by atoms with Crippen molar-refractivity contribution in [1.82, 2.24) is 0 Å². The first-order valence-electron chi connectivity index (χ1n) is 2.80. The van der Waals surface area contributed by atoms with Crippen molar-refractivity contribution in [2.45, 2.75) is 0 Å². The number of nitriles is 4. The average molecular weight is 154 g/mol. The second-order valence-corrected chi connectivity index (χ2v) is 1.60. The third-order valence-corrected chi connectivity index (χ3v) is 0.949. The van der Waals surface area contributed by atoms with Gasteiger partial charge in [-0.2, -0.15) is 21.0 Å². The van der Waals surface area contributed by atoms with Gasteiger partial charge in [0, 0.05) is 12.2 Å². The first kappa shape index (κ1) is 9.44. The number of rotatable bonds is 1. The summed E-state index contributed by atoms with van der Waals surface area (Å²) in [6.07, 6.45) is 1.85. The number of nitrogens with zero attached hydrogens (tertiary/aromatic N) is 4. The number of hydrogen-bond acceptors (Lipinski definition) is 4. The predicted molar refractivity (Wildman–Crippen MR) is 38.6 cm³/mol.